The third-order valence-corrected chi connectivity index (χ3v) is 3.11. The predicted octanol–water partition coefficient (Wildman–Crippen LogP) is 3.09. The summed E-state index contributed by atoms with van der Waals surface area (Å²) in [5, 5.41) is 3.39. The summed E-state index contributed by atoms with van der Waals surface area (Å²) in [6.07, 6.45) is 0. The second kappa shape index (κ2) is 7.64. The first-order valence-corrected chi connectivity index (χ1v) is 7.16. The molecule has 0 aliphatic heterocycles. The van der Waals surface area contributed by atoms with Crippen molar-refractivity contribution in [3.63, 3.8) is 0 Å². The number of methoxy groups -OCH3 is 1. The molecule has 1 heterocycles. The van der Waals surface area contributed by atoms with E-state index in [1.165, 1.54) is 0 Å². The fourth-order valence-electron chi connectivity index (χ4n) is 2.13. The second-order valence-corrected chi connectivity index (χ2v) is 4.79. The summed E-state index contributed by atoms with van der Waals surface area (Å²) >= 11 is 0. The van der Waals surface area contributed by atoms with Crippen LogP contribution in [0.2, 0.25) is 0 Å². The van der Waals surface area contributed by atoms with E-state index in [1.54, 1.807) is 7.11 Å². The van der Waals surface area contributed by atoms with Gasteiger partial charge in [0, 0.05) is 18.8 Å². The Labute approximate surface area is 126 Å². The molecule has 0 unspecified atom stereocenters. The maximum absolute atomic E-state index is 5.58. The van der Waals surface area contributed by atoms with Crippen LogP contribution in [0.25, 0.3) is 0 Å². The SMILES string of the molecule is CCOc1cc(CNCc2cccc(C)n2)ccc1OC. The van der Waals surface area contributed by atoms with Crippen LogP contribution in [0.3, 0.4) is 0 Å². The minimum atomic E-state index is 0.625. The van der Waals surface area contributed by atoms with E-state index in [2.05, 4.69) is 10.3 Å². The smallest absolute Gasteiger partial charge is 0.161 e. The van der Waals surface area contributed by atoms with Crippen LogP contribution in [0.4, 0.5) is 0 Å². The largest absolute Gasteiger partial charge is 0.493 e. The molecule has 1 N–H and O–H groups in total. The van der Waals surface area contributed by atoms with Gasteiger partial charge in [0.1, 0.15) is 0 Å². The number of aromatic nitrogens is 1. The predicted molar refractivity (Wildman–Crippen MR) is 83.7 cm³/mol. The van der Waals surface area contributed by atoms with Crippen LogP contribution in [-0.4, -0.2) is 18.7 Å². The van der Waals surface area contributed by atoms with E-state index in [9.17, 15) is 0 Å². The molecular weight excluding hydrogens is 264 g/mol. The lowest BCUT2D eigenvalue weighted by atomic mass is 10.2. The highest BCUT2D eigenvalue weighted by Gasteiger charge is 2.05. The maximum Gasteiger partial charge on any atom is 0.161 e. The van der Waals surface area contributed by atoms with Gasteiger partial charge in [-0.2, -0.15) is 0 Å². The van der Waals surface area contributed by atoms with Crippen LogP contribution >= 0.6 is 0 Å². The van der Waals surface area contributed by atoms with Crippen LogP contribution in [-0.2, 0) is 13.1 Å². The molecule has 0 radical (unpaired) electrons. The lowest BCUT2D eigenvalue weighted by Crippen LogP contribution is -2.14. The zero-order chi connectivity index (χ0) is 15.1. The molecule has 112 valence electrons. The molecule has 0 atom stereocenters. The number of hydrogen-bond donors (Lipinski definition) is 1. The molecule has 1 aromatic heterocycles. The highest BCUT2D eigenvalue weighted by atomic mass is 16.5. The molecule has 4 nitrogen and oxygen atoms in total. The van der Waals surface area contributed by atoms with Gasteiger partial charge in [0.2, 0.25) is 0 Å². The van der Waals surface area contributed by atoms with Crippen LogP contribution in [0, 0.1) is 6.92 Å². The second-order valence-electron chi connectivity index (χ2n) is 4.79. The monoisotopic (exact) mass is 286 g/mol. The van der Waals surface area contributed by atoms with Crippen LogP contribution in [0.5, 0.6) is 11.5 Å². The first-order valence-electron chi connectivity index (χ1n) is 7.16. The summed E-state index contributed by atoms with van der Waals surface area (Å²) in [5.74, 6) is 1.55. The first-order chi connectivity index (χ1) is 10.2. The van der Waals surface area contributed by atoms with Gasteiger partial charge in [-0.1, -0.05) is 12.1 Å². The minimum absolute atomic E-state index is 0.625. The first kappa shape index (κ1) is 15.3. The van der Waals surface area contributed by atoms with Crippen molar-refractivity contribution in [1.29, 1.82) is 0 Å². The number of ether oxygens (including phenoxy) is 2. The molecule has 1 aromatic carbocycles. The van der Waals surface area contributed by atoms with Crippen molar-refractivity contribution in [3.05, 3.63) is 53.3 Å². The van der Waals surface area contributed by atoms with Crippen molar-refractivity contribution in [2.75, 3.05) is 13.7 Å². The molecule has 2 aromatic rings. The van der Waals surface area contributed by atoms with Crippen LogP contribution in [0.15, 0.2) is 36.4 Å². The van der Waals surface area contributed by atoms with Gasteiger partial charge < -0.3 is 14.8 Å². The molecule has 4 heteroatoms. The number of nitrogens with zero attached hydrogens (tertiary/aromatic N) is 1. The lowest BCUT2D eigenvalue weighted by molar-refractivity contribution is 0.310. The fourth-order valence-corrected chi connectivity index (χ4v) is 2.13. The summed E-state index contributed by atoms with van der Waals surface area (Å²) in [7, 11) is 1.65. The molecule has 0 fully saturated rings. The Bertz CT molecular complexity index is 585. The summed E-state index contributed by atoms with van der Waals surface area (Å²) in [6.45, 7) is 6.10. The molecule has 0 saturated heterocycles. The molecule has 0 spiro atoms. The van der Waals surface area contributed by atoms with Crippen LogP contribution in [0.1, 0.15) is 23.9 Å². The van der Waals surface area contributed by atoms with Gasteiger partial charge in [0.05, 0.1) is 19.4 Å². The van der Waals surface area contributed by atoms with Gasteiger partial charge in [-0.15, -0.1) is 0 Å². The molecule has 21 heavy (non-hydrogen) atoms. The number of aryl methyl sites for hydroxylation is 1. The Morgan fingerprint density at radius 3 is 2.67 bits per heavy atom. The van der Waals surface area contributed by atoms with E-state index in [4.69, 9.17) is 9.47 Å². The van der Waals surface area contributed by atoms with Gasteiger partial charge >= 0.3 is 0 Å². The molecule has 0 saturated carbocycles. The standard InChI is InChI=1S/C17H22N2O2/c1-4-21-17-10-14(8-9-16(17)20-3)11-18-12-15-7-5-6-13(2)19-15/h5-10,18H,4,11-12H2,1-3H3. The molecule has 0 bridgehead atoms. The number of nitrogens with one attached hydrogen (secondary N) is 1. The molecule has 2 rings (SSSR count). The number of pyridine rings is 1. The third kappa shape index (κ3) is 4.46. The Morgan fingerprint density at radius 2 is 1.95 bits per heavy atom. The Morgan fingerprint density at radius 1 is 1.10 bits per heavy atom. The van der Waals surface area contributed by atoms with E-state index in [0.29, 0.717) is 6.61 Å². The van der Waals surface area contributed by atoms with Crippen molar-refractivity contribution in [3.8, 4) is 11.5 Å². The molecule has 0 aliphatic rings. The Hall–Kier alpha value is -2.07. The molecule has 0 aliphatic carbocycles. The zero-order valence-electron chi connectivity index (χ0n) is 12.8. The average molecular weight is 286 g/mol. The lowest BCUT2D eigenvalue weighted by Gasteiger charge is -2.11. The zero-order valence-corrected chi connectivity index (χ0v) is 12.8. The third-order valence-electron chi connectivity index (χ3n) is 3.11. The summed E-state index contributed by atoms with van der Waals surface area (Å²) in [5.41, 5.74) is 3.25. The quantitative estimate of drug-likeness (QED) is 0.849. The highest BCUT2D eigenvalue weighted by Crippen LogP contribution is 2.27. The van der Waals surface area contributed by atoms with Gasteiger partial charge in [-0.05, 0) is 43.7 Å². The van der Waals surface area contributed by atoms with Gasteiger partial charge in [0.25, 0.3) is 0 Å². The Kier molecular flexibility index (Phi) is 5.58. The van der Waals surface area contributed by atoms with Crippen molar-refractivity contribution < 1.29 is 9.47 Å². The van der Waals surface area contributed by atoms with Crippen molar-refractivity contribution >= 4 is 0 Å². The van der Waals surface area contributed by atoms with Crippen molar-refractivity contribution in [2.24, 2.45) is 0 Å². The highest BCUT2D eigenvalue weighted by molar-refractivity contribution is 5.42. The fraction of sp³-hybridized carbons (Fsp3) is 0.353. The van der Waals surface area contributed by atoms with Gasteiger partial charge in [0.15, 0.2) is 11.5 Å². The van der Waals surface area contributed by atoms with E-state index >= 15 is 0 Å². The Balaban J connectivity index is 1.95. The molecular formula is C17H22N2O2. The van der Waals surface area contributed by atoms with E-state index < -0.39 is 0 Å². The van der Waals surface area contributed by atoms with Crippen molar-refractivity contribution in [1.82, 2.24) is 10.3 Å². The minimum Gasteiger partial charge on any atom is -0.493 e. The van der Waals surface area contributed by atoms with Gasteiger partial charge in [-0.3, -0.25) is 4.98 Å². The molecule has 0 amide bonds. The normalized spacial score (nSPS) is 10.4. The van der Waals surface area contributed by atoms with Crippen LogP contribution < -0.4 is 14.8 Å². The van der Waals surface area contributed by atoms with E-state index in [-0.39, 0.29) is 0 Å². The number of benzene rings is 1. The van der Waals surface area contributed by atoms with E-state index in [0.717, 1.165) is 41.5 Å². The average Bonchev–Trinajstić information content (AvgIpc) is 2.48. The number of rotatable bonds is 7. The summed E-state index contributed by atoms with van der Waals surface area (Å²) in [4.78, 5) is 4.47. The maximum atomic E-state index is 5.58. The summed E-state index contributed by atoms with van der Waals surface area (Å²) in [6, 6.07) is 12.0. The number of hydrogen-bond acceptors (Lipinski definition) is 4. The van der Waals surface area contributed by atoms with E-state index in [1.807, 2.05) is 50.2 Å². The van der Waals surface area contributed by atoms with Gasteiger partial charge in [-0.25, -0.2) is 0 Å². The topological polar surface area (TPSA) is 43.4 Å². The van der Waals surface area contributed by atoms with Crippen molar-refractivity contribution in [2.45, 2.75) is 26.9 Å². The summed E-state index contributed by atoms with van der Waals surface area (Å²) < 4.78 is 10.9.